The third kappa shape index (κ3) is 4.75. The Morgan fingerprint density at radius 1 is 1.18 bits per heavy atom. The zero-order valence-corrected chi connectivity index (χ0v) is 18.9. The van der Waals surface area contributed by atoms with E-state index in [2.05, 4.69) is 15.3 Å². The predicted octanol–water partition coefficient (Wildman–Crippen LogP) is 5.12. The molecule has 0 radical (unpaired) electrons. The second-order valence-electron chi connectivity index (χ2n) is 7.14. The van der Waals surface area contributed by atoms with E-state index >= 15 is 0 Å². The smallest absolute Gasteiger partial charge is 0.294 e. The Morgan fingerprint density at radius 2 is 2.03 bits per heavy atom. The zero-order chi connectivity index (χ0) is 23.7. The lowest BCUT2D eigenvalue weighted by Crippen LogP contribution is -2.36. The fraction of sp³-hybridized carbons (Fsp3) is 0.0435. The number of halogens is 1. The fourth-order valence-corrected chi connectivity index (χ4v) is 4.80. The summed E-state index contributed by atoms with van der Waals surface area (Å²) in [5.74, 6) is -1.35. The highest BCUT2D eigenvalue weighted by Crippen LogP contribution is 2.34. The number of aromatic amines is 1. The van der Waals surface area contributed by atoms with Crippen molar-refractivity contribution in [3.05, 3.63) is 77.1 Å². The van der Waals surface area contributed by atoms with Gasteiger partial charge in [-0.3, -0.25) is 19.3 Å². The van der Waals surface area contributed by atoms with E-state index in [1.807, 2.05) is 24.3 Å². The van der Waals surface area contributed by atoms with E-state index in [9.17, 15) is 18.8 Å². The molecule has 11 heteroatoms. The van der Waals surface area contributed by atoms with Crippen LogP contribution in [0.5, 0.6) is 0 Å². The van der Waals surface area contributed by atoms with Crippen molar-refractivity contribution < 1.29 is 23.2 Å². The molecule has 2 N–H and O–H groups in total. The summed E-state index contributed by atoms with van der Waals surface area (Å²) in [4.78, 5) is 45.9. The van der Waals surface area contributed by atoms with Crippen molar-refractivity contribution in [3.63, 3.8) is 0 Å². The van der Waals surface area contributed by atoms with E-state index < -0.39 is 29.4 Å². The lowest BCUT2D eigenvalue weighted by molar-refractivity contribution is -0.127. The number of imide groups is 1. The van der Waals surface area contributed by atoms with Gasteiger partial charge in [0, 0.05) is 11.8 Å². The molecule has 8 nitrogen and oxygen atoms in total. The summed E-state index contributed by atoms with van der Waals surface area (Å²) in [5.41, 5.74) is 1.98. The summed E-state index contributed by atoms with van der Waals surface area (Å²) < 4.78 is 19.0. The highest BCUT2D eigenvalue weighted by atomic mass is 32.2. The molecule has 1 saturated heterocycles. The van der Waals surface area contributed by atoms with Gasteiger partial charge in [-0.25, -0.2) is 9.37 Å². The number of fused-ring (bicyclic) bond motifs is 1. The van der Waals surface area contributed by atoms with Gasteiger partial charge >= 0.3 is 0 Å². The van der Waals surface area contributed by atoms with Gasteiger partial charge in [0.25, 0.3) is 11.1 Å². The average Bonchev–Trinajstić information content (AvgIpc) is 3.48. The third-order valence-electron chi connectivity index (χ3n) is 4.72. The number of carbonyl (C=O) groups is 3. The molecule has 3 amide bonds. The van der Waals surface area contributed by atoms with Crippen LogP contribution in [0.4, 0.5) is 14.9 Å². The van der Waals surface area contributed by atoms with Gasteiger partial charge in [-0.05, 0) is 66.0 Å². The Morgan fingerprint density at radius 3 is 2.85 bits per heavy atom. The number of para-hydroxylation sites is 2. The van der Waals surface area contributed by atoms with Crippen LogP contribution in [0.25, 0.3) is 17.1 Å². The number of nitrogens with one attached hydrogen (secondary N) is 2. The van der Waals surface area contributed by atoms with Gasteiger partial charge < -0.3 is 14.7 Å². The lowest BCUT2D eigenvalue weighted by atomic mass is 10.3. The van der Waals surface area contributed by atoms with Gasteiger partial charge in [-0.15, -0.1) is 0 Å². The van der Waals surface area contributed by atoms with Crippen molar-refractivity contribution >= 4 is 63.4 Å². The van der Waals surface area contributed by atoms with Crippen molar-refractivity contribution in [1.29, 1.82) is 0 Å². The third-order valence-corrected chi connectivity index (χ3v) is 6.44. The van der Waals surface area contributed by atoms with Gasteiger partial charge in [-0.1, -0.05) is 18.2 Å². The largest absolute Gasteiger partial charge is 0.450 e. The Balaban J connectivity index is 1.24. The van der Waals surface area contributed by atoms with E-state index in [4.69, 9.17) is 4.42 Å². The lowest BCUT2D eigenvalue weighted by Gasteiger charge is -2.12. The maximum Gasteiger partial charge on any atom is 0.294 e. The molecule has 1 aliphatic heterocycles. The summed E-state index contributed by atoms with van der Waals surface area (Å²) in [6, 6.07) is 16.4. The number of anilines is 1. The number of amides is 3. The second-order valence-corrected chi connectivity index (χ2v) is 9.13. The fourth-order valence-electron chi connectivity index (χ4n) is 3.22. The number of furan rings is 1. The molecule has 2 aromatic carbocycles. The number of hydrogen-bond acceptors (Lipinski definition) is 7. The van der Waals surface area contributed by atoms with Crippen LogP contribution in [0, 0.1) is 5.82 Å². The van der Waals surface area contributed by atoms with Crippen LogP contribution in [0.1, 0.15) is 5.76 Å². The van der Waals surface area contributed by atoms with Gasteiger partial charge in [0.2, 0.25) is 5.91 Å². The molecule has 4 aromatic rings. The van der Waals surface area contributed by atoms with Crippen molar-refractivity contribution in [3.8, 4) is 0 Å². The van der Waals surface area contributed by atoms with Crippen LogP contribution in [-0.2, 0) is 9.59 Å². The first-order valence-corrected chi connectivity index (χ1v) is 11.6. The highest BCUT2D eigenvalue weighted by Gasteiger charge is 2.36. The molecule has 0 saturated carbocycles. The minimum atomic E-state index is -0.614. The standard InChI is InChI=1S/C23H15FN4O4S2/c24-13-4-3-5-14(10-13)25-19(29)12-28-21(30)18(33-23(28)31)11-15-8-9-20(32-15)34-22-26-16-6-1-2-7-17(16)27-22/h1-11H,12H2,(H,25,29)(H,26,27)/b18-11+. The van der Waals surface area contributed by atoms with Crippen LogP contribution in [-0.4, -0.2) is 38.5 Å². The Bertz CT molecular complexity index is 1430. The Labute approximate surface area is 200 Å². The monoisotopic (exact) mass is 494 g/mol. The zero-order valence-electron chi connectivity index (χ0n) is 17.3. The first kappa shape index (κ1) is 22.0. The van der Waals surface area contributed by atoms with E-state index in [1.54, 1.807) is 12.1 Å². The maximum absolute atomic E-state index is 13.3. The van der Waals surface area contributed by atoms with Crippen LogP contribution in [0.2, 0.25) is 0 Å². The number of thioether (sulfide) groups is 1. The molecule has 0 aliphatic carbocycles. The summed E-state index contributed by atoms with van der Waals surface area (Å²) in [5, 5.41) is 3.11. The van der Waals surface area contributed by atoms with E-state index in [0.717, 1.165) is 22.0 Å². The Hall–Kier alpha value is -3.83. The topological polar surface area (TPSA) is 108 Å². The number of hydrogen-bond donors (Lipinski definition) is 2. The molecule has 5 rings (SSSR count). The van der Waals surface area contributed by atoms with Crippen LogP contribution >= 0.6 is 23.5 Å². The van der Waals surface area contributed by atoms with Crippen LogP contribution in [0.15, 0.2) is 80.2 Å². The summed E-state index contributed by atoms with van der Waals surface area (Å²) in [6.45, 7) is -0.482. The molecule has 0 spiro atoms. The molecule has 0 bridgehead atoms. The molecule has 170 valence electrons. The minimum absolute atomic E-state index is 0.137. The summed E-state index contributed by atoms with van der Waals surface area (Å²) in [6.07, 6.45) is 1.46. The molecule has 2 aromatic heterocycles. The molecular formula is C23H15FN4O4S2. The number of aromatic nitrogens is 2. The predicted molar refractivity (Wildman–Crippen MR) is 127 cm³/mol. The summed E-state index contributed by atoms with van der Waals surface area (Å²) >= 11 is 2.01. The van der Waals surface area contributed by atoms with Crippen molar-refractivity contribution in [1.82, 2.24) is 14.9 Å². The minimum Gasteiger partial charge on any atom is -0.450 e. The second kappa shape index (κ2) is 9.20. The van der Waals surface area contributed by atoms with Crippen molar-refractivity contribution in [2.75, 3.05) is 11.9 Å². The molecule has 0 atom stereocenters. The van der Waals surface area contributed by atoms with E-state index in [0.29, 0.717) is 27.8 Å². The van der Waals surface area contributed by atoms with Gasteiger partial charge in [-0.2, -0.15) is 0 Å². The van der Waals surface area contributed by atoms with Gasteiger partial charge in [0.15, 0.2) is 10.2 Å². The average molecular weight is 495 g/mol. The molecule has 1 fully saturated rings. The van der Waals surface area contributed by atoms with Crippen LogP contribution < -0.4 is 5.32 Å². The quantitative estimate of drug-likeness (QED) is 0.358. The normalized spacial score (nSPS) is 15.0. The molecule has 1 aliphatic rings. The number of imidazole rings is 1. The number of carbonyl (C=O) groups excluding carboxylic acids is 3. The maximum atomic E-state index is 13.3. The highest BCUT2D eigenvalue weighted by molar-refractivity contribution is 8.18. The van der Waals surface area contributed by atoms with Gasteiger partial charge in [0.05, 0.1) is 15.9 Å². The molecular weight excluding hydrogens is 479 g/mol. The molecule has 0 unspecified atom stereocenters. The number of H-pyrrole nitrogens is 1. The van der Waals surface area contributed by atoms with Crippen molar-refractivity contribution in [2.24, 2.45) is 0 Å². The summed E-state index contributed by atoms with van der Waals surface area (Å²) in [7, 11) is 0. The Kier molecular flexibility index (Phi) is 5.95. The molecule has 3 heterocycles. The molecule has 34 heavy (non-hydrogen) atoms. The van der Waals surface area contributed by atoms with Crippen molar-refractivity contribution in [2.45, 2.75) is 10.2 Å². The van der Waals surface area contributed by atoms with Gasteiger partial charge in [0.1, 0.15) is 18.1 Å². The van der Waals surface area contributed by atoms with Crippen LogP contribution in [0.3, 0.4) is 0 Å². The van der Waals surface area contributed by atoms with E-state index in [-0.39, 0.29) is 10.6 Å². The SMILES string of the molecule is O=C(CN1C(=O)S/C(=C/c2ccc(Sc3nc4ccccc4[nH]3)o2)C1=O)Nc1cccc(F)c1. The number of benzene rings is 2. The number of nitrogens with zero attached hydrogens (tertiary/aromatic N) is 2. The van der Waals surface area contributed by atoms with E-state index in [1.165, 1.54) is 36.0 Å². The first-order chi connectivity index (χ1) is 16.4. The first-order valence-electron chi connectivity index (χ1n) is 9.98. The number of rotatable bonds is 6.